The van der Waals surface area contributed by atoms with Crippen molar-refractivity contribution in [1.82, 2.24) is 0 Å². The molecular weight excluding hydrogens is 544 g/mol. The van der Waals surface area contributed by atoms with E-state index < -0.39 is 0 Å². The zero-order valence-corrected chi connectivity index (χ0v) is 26.7. The first-order chi connectivity index (χ1) is 16.7. The number of hydrogen-bond acceptors (Lipinski definition) is 4. The molecule has 0 bridgehead atoms. The summed E-state index contributed by atoms with van der Waals surface area (Å²) >= 11 is 0. The topological polar surface area (TPSA) is 92.2 Å². The molecular formula is C32H36O4Ti2. The minimum Gasteiger partial charge on any atom is -0.872 e. The van der Waals surface area contributed by atoms with E-state index in [-0.39, 0.29) is 66.4 Å². The normalized spacial score (nSPS) is 9.05. The predicted octanol–water partition coefficient (Wildman–Crippen LogP) is 5.50. The van der Waals surface area contributed by atoms with E-state index in [0.29, 0.717) is 0 Å². The molecule has 0 N–H and O–H groups in total. The van der Waals surface area contributed by atoms with Crippen molar-refractivity contribution in [3.8, 4) is 23.0 Å². The quantitative estimate of drug-likeness (QED) is 0.257. The van der Waals surface area contributed by atoms with Gasteiger partial charge in [0.2, 0.25) is 0 Å². The molecule has 4 nitrogen and oxygen atoms in total. The first kappa shape index (κ1) is 37.7. The van der Waals surface area contributed by atoms with Crippen molar-refractivity contribution in [3.63, 3.8) is 0 Å². The summed E-state index contributed by atoms with van der Waals surface area (Å²) < 4.78 is 0. The summed E-state index contributed by atoms with van der Waals surface area (Å²) in [5, 5.41) is 42.8. The van der Waals surface area contributed by atoms with Gasteiger partial charge in [0.1, 0.15) is 0 Å². The fourth-order valence-corrected chi connectivity index (χ4v) is 3.73. The average molecular weight is 580 g/mol. The molecule has 0 aliphatic rings. The Morgan fingerprint density at radius 3 is 0.447 bits per heavy atom. The summed E-state index contributed by atoms with van der Waals surface area (Å²) in [5.41, 5.74) is 8.33. The second-order valence-electron chi connectivity index (χ2n) is 9.29. The van der Waals surface area contributed by atoms with Gasteiger partial charge in [-0.15, -0.1) is 23.0 Å². The van der Waals surface area contributed by atoms with Gasteiger partial charge in [0.15, 0.2) is 0 Å². The Bertz CT molecular complexity index is 871. The molecule has 0 saturated heterocycles. The molecule has 4 aromatic rings. The van der Waals surface area contributed by atoms with Gasteiger partial charge < -0.3 is 20.4 Å². The van der Waals surface area contributed by atoms with Gasteiger partial charge >= 0.3 is 43.4 Å². The maximum Gasteiger partial charge on any atom is 2.00 e. The predicted molar refractivity (Wildman–Crippen MR) is 141 cm³/mol. The Morgan fingerprint density at radius 1 is 0.263 bits per heavy atom. The molecule has 0 aliphatic carbocycles. The largest absolute Gasteiger partial charge is 2.00 e. The molecule has 0 unspecified atom stereocenters. The molecule has 0 aliphatic heterocycles. The molecule has 0 radical (unpaired) electrons. The van der Waals surface area contributed by atoms with Crippen LogP contribution < -0.4 is 20.4 Å². The fourth-order valence-electron chi connectivity index (χ4n) is 3.73. The zero-order chi connectivity index (χ0) is 27.4. The summed E-state index contributed by atoms with van der Waals surface area (Å²) in [4.78, 5) is 0. The molecule has 4 rings (SSSR count). The van der Waals surface area contributed by atoms with Crippen LogP contribution in [-0.4, -0.2) is 0 Å². The first-order valence-electron chi connectivity index (χ1n) is 11.7. The van der Waals surface area contributed by atoms with E-state index in [9.17, 15) is 20.4 Å². The Kier molecular flexibility index (Phi) is 18.5. The maximum absolute atomic E-state index is 10.7. The summed E-state index contributed by atoms with van der Waals surface area (Å²) in [6.45, 7) is 15.4. The maximum atomic E-state index is 10.7. The Hall–Kier alpha value is -2.49. The molecule has 38 heavy (non-hydrogen) atoms. The fraction of sp³-hybridized carbons (Fsp3) is 0.250. The molecule has 0 aromatic heterocycles. The van der Waals surface area contributed by atoms with Crippen molar-refractivity contribution in [2.45, 2.75) is 55.4 Å². The van der Waals surface area contributed by atoms with Crippen molar-refractivity contribution in [2.24, 2.45) is 0 Å². The van der Waals surface area contributed by atoms with Crippen molar-refractivity contribution in [3.05, 3.63) is 117 Å². The minimum absolute atomic E-state index is 0. The van der Waals surface area contributed by atoms with Gasteiger partial charge in [0.25, 0.3) is 0 Å². The molecule has 0 spiro atoms. The van der Waals surface area contributed by atoms with Crippen molar-refractivity contribution >= 4 is 0 Å². The third-order valence-electron chi connectivity index (χ3n) is 4.78. The smallest absolute Gasteiger partial charge is 0.872 e. The van der Waals surface area contributed by atoms with Crippen LogP contribution in [0.2, 0.25) is 0 Å². The van der Waals surface area contributed by atoms with Gasteiger partial charge in [-0.2, -0.15) is 0 Å². The van der Waals surface area contributed by atoms with E-state index in [1.165, 1.54) is 0 Å². The summed E-state index contributed by atoms with van der Waals surface area (Å²) in [6, 6.07) is 21.0. The van der Waals surface area contributed by atoms with Crippen molar-refractivity contribution < 1.29 is 63.9 Å². The molecule has 0 amide bonds. The number of hydrogen-bond donors (Lipinski definition) is 0. The van der Waals surface area contributed by atoms with E-state index in [0.717, 1.165) is 44.5 Å². The average Bonchev–Trinajstić information content (AvgIpc) is 2.64. The van der Waals surface area contributed by atoms with Gasteiger partial charge in [0, 0.05) is 0 Å². The van der Waals surface area contributed by atoms with Crippen molar-refractivity contribution in [2.75, 3.05) is 0 Å². The van der Waals surface area contributed by atoms with Crippen LogP contribution >= 0.6 is 0 Å². The number of aryl methyl sites for hydroxylation is 8. The Morgan fingerprint density at radius 2 is 0.368 bits per heavy atom. The Balaban J connectivity index is 0. The van der Waals surface area contributed by atoms with Crippen LogP contribution in [0.1, 0.15) is 44.5 Å². The molecule has 0 saturated carbocycles. The van der Waals surface area contributed by atoms with Gasteiger partial charge in [-0.25, -0.2) is 0 Å². The van der Waals surface area contributed by atoms with E-state index >= 15 is 0 Å². The third-order valence-corrected chi connectivity index (χ3v) is 4.78. The van der Waals surface area contributed by atoms with Crippen LogP contribution in [-0.2, 0) is 43.4 Å². The molecule has 6 heteroatoms. The molecule has 0 atom stereocenters. The second-order valence-corrected chi connectivity index (χ2v) is 9.29. The van der Waals surface area contributed by atoms with Crippen LogP contribution in [0.15, 0.2) is 72.8 Å². The van der Waals surface area contributed by atoms with Crippen LogP contribution in [0.5, 0.6) is 23.0 Å². The third kappa shape index (κ3) is 17.1. The van der Waals surface area contributed by atoms with Gasteiger partial charge in [-0.05, 0) is 55.4 Å². The number of rotatable bonds is 0. The summed E-state index contributed by atoms with van der Waals surface area (Å²) in [5.74, 6) is 0.417. The standard InChI is InChI=1S/4C8H10O.2Ti/c4*1-6-3-7(2)5-8(9)4-6;;/h4*3-5,9H,1-2H3;;/q;;;;2*+2/p-4. The van der Waals surface area contributed by atoms with Crippen LogP contribution in [0, 0.1) is 55.4 Å². The van der Waals surface area contributed by atoms with Crippen LogP contribution in [0.3, 0.4) is 0 Å². The van der Waals surface area contributed by atoms with E-state index in [4.69, 9.17) is 0 Å². The minimum atomic E-state index is 0. The number of benzene rings is 4. The molecule has 196 valence electrons. The van der Waals surface area contributed by atoms with Crippen LogP contribution in [0.4, 0.5) is 0 Å². The van der Waals surface area contributed by atoms with Gasteiger partial charge in [0.05, 0.1) is 0 Å². The zero-order valence-electron chi connectivity index (χ0n) is 23.6. The monoisotopic (exact) mass is 580 g/mol. The van der Waals surface area contributed by atoms with E-state index in [1.54, 1.807) is 48.5 Å². The molecule has 0 fully saturated rings. The first-order valence-corrected chi connectivity index (χ1v) is 11.7. The summed E-state index contributed by atoms with van der Waals surface area (Å²) in [6.07, 6.45) is 0. The second kappa shape index (κ2) is 18.7. The van der Waals surface area contributed by atoms with Gasteiger partial charge in [-0.3, -0.25) is 0 Å². The molecule has 4 aromatic carbocycles. The Labute approximate surface area is 258 Å². The van der Waals surface area contributed by atoms with E-state index in [2.05, 4.69) is 0 Å². The SMILES string of the molecule is Cc1cc(C)cc([O-])c1.Cc1cc(C)cc([O-])c1.Cc1cc(C)cc([O-])c1.Cc1cc(C)cc([O-])c1.[Ti+2].[Ti+2]. The summed E-state index contributed by atoms with van der Waals surface area (Å²) in [7, 11) is 0. The van der Waals surface area contributed by atoms with Crippen molar-refractivity contribution in [1.29, 1.82) is 0 Å². The van der Waals surface area contributed by atoms with Gasteiger partial charge in [-0.1, -0.05) is 117 Å². The molecule has 0 heterocycles. The van der Waals surface area contributed by atoms with Crippen LogP contribution in [0.25, 0.3) is 0 Å². The van der Waals surface area contributed by atoms with E-state index in [1.807, 2.05) is 79.7 Å².